The second kappa shape index (κ2) is 11.4. The van der Waals surface area contributed by atoms with Crippen LogP contribution in [-0.4, -0.2) is 4.57 Å². The van der Waals surface area contributed by atoms with E-state index in [0.29, 0.717) is 0 Å². The Hall–Kier alpha value is -5.47. The lowest BCUT2D eigenvalue weighted by Gasteiger charge is -2.10. The third-order valence-electron chi connectivity index (χ3n) is 8.18. The van der Waals surface area contributed by atoms with Crippen LogP contribution in [-0.2, 0) is 0 Å². The summed E-state index contributed by atoms with van der Waals surface area (Å²) in [6.45, 7) is 4.40. The van der Waals surface area contributed by atoms with Gasteiger partial charge in [0.1, 0.15) is 11.4 Å². The van der Waals surface area contributed by atoms with Crippen LogP contribution in [0.2, 0.25) is 0 Å². The normalized spacial score (nSPS) is 11.0. The van der Waals surface area contributed by atoms with Crippen LogP contribution in [0.25, 0.3) is 56.1 Å². The van der Waals surface area contributed by atoms with Gasteiger partial charge in [-0.15, -0.1) is 0 Å². The van der Waals surface area contributed by atoms with Crippen LogP contribution in [0.3, 0.4) is 0 Å². The average Bonchev–Trinajstić information content (AvgIpc) is 3.47. The molecule has 0 saturated carbocycles. The van der Waals surface area contributed by atoms with Crippen molar-refractivity contribution in [3.8, 4) is 56.1 Å². The molecule has 0 saturated heterocycles. The maximum Gasteiger partial charge on any atom is 0.255 e. The average molecular weight is 554 g/mol. The van der Waals surface area contributed by atoms with Crippen LogP contribution < -0.4 is 4.57 Å². The standard InChI is InChI=1S/C41H33N2/c1-30-23-25-36(32-15-7-3-8-16-32)27-38(30)42-29-43(39-28-37(26-24-31(39)2)33-17-9-4-10-18-33)41(35-21-13-6-14-22-35)40(42)34-19-11-5-12-20-34/h3-29H,1-2H3/q+1. The van der Waals surface area contributed by atoms with Crippen molar-refractivity contribution >= 4 is 0 Å². The van der Waals surface area contributed by atoms with Crippen LogP contribution in [0, 0.1) is 13.8 Å². The van der Waals surface area contributed by atoms with E-state index in [1.807, 2.05) is 0 Å². The van der Waals surface area contributed by atoms with E-state index < -0.39 is 0 Å². The first-order valence-electron chi connectivity index (χ1n) is 14.8. The highest BCUT2D eigenvalue weighted by Gasteiger charge is 2.30. The molecule has 0 aliphatic heterocycles. The molecule has 1 heterocycles. The van der Waals surface area contributed by atoms with Crippen molar-refractivity contribution in [1.82, 2.24) is 4.57 Å². The molecular formula is C41H33N2+. The molecular weight excluding hydrogens is 520 g/mol. The Morgan fingerprint density at radius 1 is 0.419 bits per heavy atom. The van der Waals surface area contributed by atoms with E-state index in [0.717, 1.165) is 22.8 Å². The lowest BCUT2D eigenvalue weighted by molar-refractivity contribution is -0.583. The van der Waals surface area contributed by atoms with E-state index in [2.05, 4.69) is 187 Å². The van der Waals surface area contributed by atoms with Crippen molar-refractivity contribution < 1.29 is 4.57 Å². The molecule has 0 aliphatic rings. The highest BCUT2D eigenvalue weighted by molar-refractivity contribution is 5.79. The fourth-order valence-corrected chi connectivity index (χ4v) is 5.93. The Bertz CT molecular complexity index is 1860. The lowest BCUT2D eigenvalue weighted by Crippen LogP contribution is -2.32. The zero-order chi connectivity index (χ0) is 29.2. The van der Waals surface area contributed by atoms with Crippen LogP contribution in [0.1, 0.15) is 11.1 Å². The van der Waals surface area contributed by atoms with Gasteiger partial charge in [0.15, 0.2) is 11.4 Å². The summed E-state index contributed by atoms with van der Waals surface area (Å²) in [5.41, 5.74) is 14.2. The first kappa shape index (κ1) is 26.4. The second-order valence-electron chi connectivity index (χ2n) is 11.0. The first-order valence-corrected chi connectivity index (χ1v) is 14.8. The molecule has 0 amide bonds. The van der Waals surface area contributed by atoms with Crippen molar-refractivity contribution in [2.24, 2.45) is 0 Å². The predicted molar refractivity (Wildman–Crippen MR) is 179 cm³/mol. The molecule has 7 aromatic rings. The van der Waals surface area contributed by atoms with Gasteiger partial charge in [-0.1, -0.05) is 146 Å². The van der Waals surface area contributed by atoms with Gasteiger partial charge in [0, 0.05) is 11.1 Å². The van der Waals surface area contributed by atoms with E-state index in [9.17, 15) is 0 Å². The topological polar surface area (TPSA) is 8.81 Å². The maximum absolute atomic E-state index is 2.38. The molecule has 1 aromatic heterocycles. The number of nitrogens with zero attached hydrogens (tertiary/aromatic N) is 2. The monoisotopic (exact) mass is 553 g/mol. The Morgan fingerprint density at radius 3 is 1.44 bits per heavy atom. The van der Waals surface area contributed by atoms with Gasteiger partial charge in [-0.25, -0.2) is 0 Å². The SMILES string of the molecule is Cc1ccc(-c2ccccc2)cc1-n1c[n+](-c2cc(-c3ccccc3)ccc2C)c(-c2ccccc2)c1-c1ccccc1. The van der Waals surface area contributed by atoms with Crippen LogP contribution in [0.15, 0.2) is 164 Å². The van der Waals surface area contributed by atoms with Gasteiger partial charge in [0.25, 0.3) is 6.33 Å². The third kappa shape index (κ3) is 5.09. The molecule has 7 rings (SSSR count). The molecule has 0 bridgehead atoms. The molecule has 43 heavy (non-hydrogen) atoms. The Morgan fingerprint density at radius 2 is 0.884 bits per heavy atom. The quantitative estimate of drug-likeness (QED) is 0.181. The second-order valence-corrected chi connectivity index (χ2v) is 11.0. The van der Waals surface area contributed by atoms with Crippen molar-refractivity contribution in [2.45, 2.75) is 13.8 Å². The van der Waals surface area contributed by atoms with Gasteiger partial charge in [0.05, 0.1) is 0 Å². The van der Waals surface area contributed by atoms with Gasteiger partial charge in [-0.3, -0.25) is 0 Å². The molecule has 0 atom stereocenters. The van der Waals surface area contributed by atoms with Crippen molar-refractivity contribution in [2.75, 3.05) is 0 Å². The van der Waals surface area contributed by atoms with E-state index in [4.69, 9.17) is 0 Å². The Kier molecular flexibility index (Phi) is 7.02. The number of rotatable bonds is 6. The summed E-state index contributed by atoms with van der Waals surface area (Å²) in [4.78, 5) is 0. The summed E-state index contributed by atoms with van der Waals surface area (Å²) in [6.07, 6.45) is 2.28. The molecule has 2 heteroatoms. The summed E-state index contributed by atoms with van der Waals surface area (Å²) in [6, 6.07) is 56.3. The summed E-state index contributed by atoms with van der Waals surface area (Å²) < 4.78 is 4.77. The minimum atomic E-state index is 1.16. The smallest absolute Gasteiger partial charge is 0.194 e. The lowest BCUT2D eigenvalue weighted by atomic mass is 10.0. The summed E-state index contributed by atoms with van der Waals surface area (Å²) in [5.74, 6) is 0. The molecule has 206 valence electrons. The van der Waals surface area contributed by atoms with Crippen molar-refractivity contribution in [3.05, 3.63) is 175 Å². The summed E-state index contributed by atoms with van der Waals surface area (Å²) in [7, 11) is 0. The summed E-state index contributed by atoms with van der Waals surface area (Å²) >= 11 is 0. The number of aromatic nitrogens is 2. The van der Waals surface area contributed by atoms with Gasteiger partial charge in [-0.05, 0) is 59.4 Å². The largest absolute Gasteiger partial charge is 0.255 e. The summed E-state index contributed by atoms with van der Waals surface area (Å²) in [5, 5.41) is 0. The number of aryl methyl sites for hydroxylation is 2. The zero-order valence-electron chi connectivity index (χ0n) is 24.5. The molecule has 0 fully saturated rings. The molecule has 6 aromatic carbocycles. The van der Waals surface area contributed by atoms with E-state index in [1.165, 1.54) is 44.5 Å². The van der Waals surface area contributed by atoms with Gasteiger partial charge >= 0.3 is 0 Å². The molecule has 2 nitrogen and oxygen atoms in total. The molecule has 0 aliphatic carbocycles. The number of imidazole rings is 1. The predicted octanol–water partition coefficient (Wildman–Crippen LogP) is 10.0. The van der Waals surface area contributed by atoms with E-state index in [-0.39, 0.29) is 0 Å². The Labute approximate surface area is 253 Å². The minimum Gasteiger partial charge on any atom is -0.194 e. The van der Waals surface area contributed by atoms with Gasteiger partial charge in [0.2, 0.25) is 0 Å². The van der Waals surface area contributed by atoms with Crippen molar-refractivity contribution in [1.29, 1.82) is 0 Å². The minimum absolute atomic E-state index is 1.16. The maximum atomic E-state index is 2.38. The van der Waals surface area contributed by atoms with E-state index in [1.54, 1.807) is 0 Å². The number of hydrogen-bond donors (Lipinski definition) is 0. The molecule has 0 N–H and O–H groups in total. The van der Waals surface area contributed by atoms with Crippen molar-refractivity contribution in [3.63, 3.8) is 0 Å². The number of benzene rings is 6. The Balaban J connectivity index is 1.55. The first-order chi connectivity index (χ1) is 21.2. The highest BCUT2D eigenvalue weighted by Crippen LogP contribution is 2.36. The highest BCUT2D eigenvalue weighted by atomic mass is 15.2. The van der Waals surface area contributed by atoms with E-state index >= 15 is 0 Å². The van der Waals surface area contributed by atoms with Crippen LogP contribution >= 0.6 is 0 Å². The fraction of sp³-hybridized carbons (Fsp3) is 0.0488. The third-order valence-corrected chi connectivity index (χ3v) is 8.18. The molecule has 0 radical (unpaired) electrons. The number of hydrogen-bond acceptors (Lipinski definition) is 0. The van der Waals surface area contributed by atoms with Crippen LogP contribution in [0.5, 0.6) is 0 Å². The van der Waals surface area contributed by atoms with Crippen LogP contribution in [0.4, 0.5) is 0 Å². The zero-order valence-corrected chi connectivity index (χ0v) is 24.5. The fourth-order valence-electron chi connectivity index (χ4n) is 5.93. The molecule has 0 unspecified atom stereocenters. The van der Waals surface area contributed by atoms with Gasteiger partial charge < -0.3 is 0 Å². The van der Waals surface area contributed by atoms with Gasteiger partial charge in [-0.2, -0.15) is 9.13 Å². The molecule has 0 spiro atoms.